The highest BCUT2D eigenvalue weighted by Crippen LogP contribution is 2.76. The Morgan fingerprint density at radius 2 is 1.48 bits per heavy atom. The summed E-state index contributed by atoms with van der Waals surface area (Å²) >= 11 is 0. The molecule has 5 aliphatic carbocycles. The first-order valence-corrected chi connectivity index (χ1v) is 26.8. The number of hydrogen-bond donors (Lipinski definition) is 2. The van der Waals surface area contributed by atoms with Crippen molar-refractivity contribution in [1.29, 1.82) is 0 Å². The molecule has 12 nitrogen and oxygen atoms in total. The molecule has 6 fully saturated rings. The highest BCUT2D eigenvalue weighted by atomic mass is 32.2. The monoisotopic (exact) mass is 921 g/mol. The van der Waals surface area contributed by atoms with E-state index in [1.165, 1.54) is 31.3 Å². The van der Waals surface area contributed by atoms with Crippen molar-refractivity contribution in [2.24, 2.45) is 56.7 Å². The average molecular weight is 921 g/mol. The van der Waals surface area contributed by atoms with Crippen LogP contribution in [0.15, 0.2) is 12.2 Å². The summed E-state index contributed by atoms with van der Waals surface area (Å²) in [5.41, 5.74) is 0.887. The lowest BCUT2D eigenvalue weighted by Crippen LogP contribution is -2.69. The van der Waals surface area contributed by atoms with E-state index in [2.05, 4.69) is 65.3 Å². The van der Waals surface area contributed by atoms with Crippen LogP contribution in [-0.2, 0) is 43.1 Å². The highest BCUT2D eigenvalue weighted by Gasteiger charge is 2.71. The molecule has 0 aromatic rings. The van der Waals surface area contributed by atoms with Gasteiger partial charge in [0.25, 0.3) is 0 Å². The largest absolute Gasteiger partial charge is 0.481 e. The molecule has 0 spiro atoms. The Labute approximate surface area is 387 Å². The summed E-state index contributed by atoms with van der Waals surface area (Å²) < 4.78 is 54.4. The molecule has 6 rings (SSSR count). The minimum Gasteiger partial charge on any atom is -0.481 e. The molecule has 0 radical (unpaired) electrons. The van der Waals surface area contributed by atoms with Gasteiger partial charge in [0.2, 0.25) is 0 Å². The number of ether oxygens (including phenoxy) is 5. The number of sulfone groups is 1. The van der Waals surface area contributed by atoms with Gasteiger partial charge in [0.05, 0.1) is 70.1 Å². The quantitative estimate of drug-likeness (QED) is 0.0654. The Kier molecular flexibility index (Phi) is 16.3. The van der Waals surface area contributed by atoms with Crippen LogP contribution in [0.25, 0.3) is 0 Å². The summed E-state index contributed by atoms with van der Waals surface area (Å²) in [6.07, 6.45) is 10.9. The fraction of sp³-hybridized carbons (Fsp3) is 0.922. The smallest absolute Gasteiger partial charge is 0.306 e. The van der Waals surface area contributed by atoms with E-state index < -0.39 is 21.2 Å². The maximum Gasteiger partial charge on any atom is 0.306 e. The maximum atomic E-state index is 13.4. The van der Waals surface area contributed by atoms with Crippen LogP contribution >= 0.6 is 0 Å². The van der Waals surface area contributed by atoms with Crippen molar-refractivity contribution in [2.45, 2.75) is 163 Å². The van der Waals surface area contributed by atoms with E-state index in [-0.39, 0.29) is 75.8 Å². The van der Waals surface area contributed by atoms with Crippen molar-refractivity contribution in [3.05, 3.63) is 12.2 Å². The molecule has 0 bridgehead atoms. The molecule has 2 N–H and O–H groups in total. The summed E-state index contributed by atoms with van der Waals surface area (Å²) in [5.74, 6) is 1.68. The number of hydrogen-bond acceptors (Lipinski definition) is 11. The molecule has 5 saturated carbocycles. The van der Waals surface area contributed by atoms with Crippen molar-refractivity contribution in [3.8, 4) is 0 Å². The third kappa shape index (κ3) is 10.5. The van der Waals surface area contributed by atoms with Gasteiger partial charge in [-0.25, -0.2) is 8.42 Å². The van der Waals surface area contributed by atoms with Crippen molar-refractivity contribution < 1.29 is 46.8 Å². The lowest BCUT2D eigenvalue weighted by Gasteiger charge is -2.73. The van der Waals surface area contributed by atoms with Gasteiger partial charge in [-0.1, -0.05) is 60.6 Å². The van der Waals surface area contributed by atoms with Gasteiger partial charge in [0, 0.05) is 43.7 Å². The molecular formula is C51H88N2O10S. The van der Waals surface area contributed by atoms with Crippen LogP contribution in [0.2, 0.25) is 0 Å². The summed E-state index contributed by atoms with van der Waals surface area (Å²) in [4.78, 5) is 27.2. The highest BCUT2D eigenvalue weighted by molar-refractivity contribution is 7.91. The molecule has 1 saturated heterocycles. The van der Waals surface area contributed by atoms with E-state index in [0.717, 1.165) is 45.1 Å². The molecule has 13 heteroatoms. The van der Waals surface area contributed by atoms with E-state index in [1.807, 2.05) is 13.8 Å². The molecule has 12 atom stereocenters. The van der Waals surface area contributed by atoms with Crippen molar-refractivity contribution >= 4 is 21.8 Å². The number of nitrogens with zero attached hydrogens (tertiary/aromatic N) is 1. The fourth-order valence-electron chi connectivity index (χ4n) is 15.5. The second-order valence-electron chi connectivity index (χ2n) is 23.5. The van der Waals surface area contributed by atoms with E-state index in [1.54, 1.807) is 7.11 Å². The third-order valence-electron chi connectivity index (χ3n) is 19.0. The van der Waals surface area contributed by atoms with Crippen LogP contribution in [0, 0.1) is 56.7 Å². The number of aliphatic carboxylic acids is 1. The summed E-state index contributed by atoms with van der Waals surface area (Å²) in [5, 5.41) is 13.7. The van der Waals surface area contributed by atoms with Gasteiger partial charge in [0.1, 0.15) is 6.10 Å². The number of carbonyl (C=O) groups excluding carboxylic acids is 1. The normalized spacial score (nSPS) is 37.9. The van der Waals surface area contributed by atoms with Crippen LogP contribution in [0.3, 0.4) is 0 Å². The van der Waals surface area contributed by atoms with Gasteiger partial charge in [-0.3, -0.25) is 14.5 Å². The predicted molar refractivity (Wildman–Crippen MR) is 251 cm³/mol. The molecule has 1 heterocycles. The van der Waals surface area contributed by atoms with Crippen molar-refractivity contribution in [1.82, 2.24) is 10.2 Å². The Morgan fingerprint density at radius 3 is 2.12 bits per heavy atom. The van der Waals surface area contributed by atoms with Crippen molar-refractivity contribution in [3.63, 3.8) is 0 Å². The van der Waals surface area contributed by atoms with E-state index in [0.29, 0.717) is 82.3 Å². The Hall–Kier alpha value is -1.61. The lowest BCUT2D eigenvalue weighted by atomic mass is 9.32. The van der Waals surface area contributed by atoms with E-state index in [4.69, 9.17) is 23.7 Å². The Morgan fingerprint density at radius 1 is 0.828 bits per heavy atom. The van der Waals surface area contributed by atoms with Gasteiger partial charge in [-0.05, 0) is 129 Å². The molecule has 368 valence electrons. The third-order valence-corrected chi connectivity index (χ3v) is 20.6. The summed E-state index contributed by atoms with van der Waals surface area (Å²) in [7, 11) is -1.38. The second kappa shape index (κ2) is 20.2. The minimum atomic E-state index is -3.04. The number of esters is 1. The first-order valence-electron chi connectivity index (χ1n) is 25.0. The zero-order chi connectivity index (χ0) is 46.9. The van der Waals surface area contributed by atoms with Gasteiger partial charge in [-0.2, -0.15) is 0 Å². The lowest BCUT2D eigenvalue weighted by molar-refractivity contribution is -0.246. The van der Waals surface area contributed by atoms with Crippen molar-refractivity contribution in [2.75, 3.05) is 77.9 Å². The second-order valence-corrected chi connectivity index (χ2v) is 25.8. The standard InChI is InChI=1S/C51H88N2O10S/c1-35(2)37-14-19-51(52-34-39(53-22-30-64(57,58)31-23-53)36(3)62-29-28-61-27-26-60-25-24-59-11)21-20-49(9)38(45(37)51)12-13-41-48(8)17-16-42(47(6,7)40(48)15-18-50(41,49)10)63-44(56)33-46(4,5)32-43(54)55/h36-42,45,52H,1,12-34H2,2-11H3,(H,54,55)/t36-,37+,38-,39-,40+,41-,42+,45-,48+,49-,50-,51+/m1/s1. The number of carboxylic acid groups (broad SMARTS) is 1. The van der Waals surface area contributed by atoms with Crippen LogP contribution < -0.4 is 5.32 Å². The molecular weight excluding hydrogens is 833 g/mol. The Bertz CT molecular complexity index is 1740. The number of fused-ring (bicyclic) bond motifs is 7. The average Bonchev–Trinajstić information content (AvgIpc) is 3.58. The predicted octanol–water partition coefficient (Wildman–Crippen LogP) is 7.97. The SMILES string of the molecule is C=C(C)[C@@H]1CC[C@]2(NC[C@H]([C@@H](C)OCCOCCOCCOC)N3CCS(=O)(=O)CC3)CC[C@]3(C)[C@H](CC[C@@H]4[C@@]5(C)CC[C@H](OC(=O)CC(C)(C)CC(=O)O)C(C)(C)[C@@H]5CC[C@]43C)[C@@H]12. The zero-order valence-electron chi connectivity index (χ0n) is 41.6. The zero-order valence-corrected chi connectivity index (χ0v) is 42.4. The molecule has 0 amide bonds. The number of allylic oxidation sites excluding steroid dienone is 1. The first-order chi connectivity index (χ1) is 30.0. The number of carbonyl (C=O) groups is 2. The number of methoxy groups -OCH3 is 1. The van der Waals surface area contributed by atoms with Gasteiger partial charge in [0.15, 0.2) is 9.84 Å². The molecule has 64 heavy (non-hydrogen) atoms. The van der Waals surface area contributed by atoms with Gasteiger partial charge < -0.3 is 34.1 Å². The van der Waals surface area contributed by atoms with Crippen LogP contribution in [0.4, 0.5) is 0 Å². The molecule has 6 aliphatic rings. The van der Waals surface area contributed by atoms with Crippen LogP contribution in [0.5, 0.6) is 0 Å². The Balaban J connectivity index is 1.17. The first kappa shape index (κ1) is 51.8. The molecule has 0 aromatic carbocycles. The van der Waals surface area contributed by atoms with Gasteiger partial charge >= 0.3 is 11.9 Å². The maximum absolute atomic E-state index is 13.4. The number of carboxylic acids is 1. The molecule has 1 aliphatic heterocycles. The molecule has 0 aromatic heterocycles. The number of rotatable bonds is 21. The van der Waals surface area contributed by atoms with E-state index in [9.17, 15) is 23.1 Å². The number of nitrogens with one attached hydrogen (secondary N) is 1. The summed E-state index contributed by atoms with van der Waals surface area (Å²) in [6, 6.07) is 0.0255. The fourth-order valence-corrected chi connectivity index (χ4v) is 16.8. The molecule has 0 unspecified atom stereocenters. The summed E-state index contributed by atoms with van der Waals surface area (Å²) in [6.45, 7) is 30.1. The van der Waals surface area contributed by atoms with Crippen LogP contribution in [0.1, 0.15) is 139 Å². The minimum absolute atomic E-state index is 0.0210. The van der Waals surface area contributed by atoms with E-state index >= 15 is 0 Å². The van der Waals surface area contributed by atoms with Crippen LogP contribution in [-0.4, -0.2) is 132 Å². The topological polar surface area (TPSA) is 150 Å². The van der Waals surface area contributed by atoms with Gasteiger partial charge in [-0.15, -0.1) is 0 Å².